The minimum Gasteiger partial charge on any atom is -0.343 e. The van der Waals surface area contributed by atoms with Gasteiger partial charge >= 0.3 is 0 Å². The third-order valence-corrected chi connectivity index (χ3v) is 1.14. The Bertz CT molecular complexity index is 225. The summed E-state index contributed by atoms with van der Waals surface area (Å²) in [6.07, 6.45) is 1.98. The standard InChI is InChI=1S/C6H8N4O/c7-2-4-8-3-1-6-9-5-11-10-6/h5,8H,1,3-4H2. The van der Waals surface area contributed by atoms with E-state index in [4.69, 9.17) is 5.26 Å². The van der Waals surface area contributed by atoms with Gasteiger partial charge in [-0.15, -0.1) is 0 Å². The molecule has 1 rings (SSSR count). The number of rotatable bonds is 4. The summed E-state index contributed by atoms with van der Waals surface area (Å²) >= 11 is 0. The van der Waals surface area contributed by atoms with Crippen LogP contribution in [0, 0.1) is 11.3 Å². The van der Waals surface area contributed by atoms with Gasteiger partial charge in [0, 0.05) is 13.0 Å². The fourth-order valence-corrected chi connectivity index (χ4v) is 0.647. The van der Waals surface area contributed by atoms with Gasteiger partial charge in [-0.25, -0.2) is 0 Å². The summed E-state index contributed by atoms with van der Waals surface area (Å²) in [6.45, 7) is 1.06. The molecule has 0 aliphatic carbocycles. The van der Waals surface area contributed by atoms with E-state index in [2.05, 4.69) is 20.0 Å². The molecule has 0 radical (unpaired) electrons. The van der Waals surface area contributed by atoms with Crippen molar-refractivity contribution in [3.63, 3.8) is 0 Å². The monoisotopic (exact) mass is 152 g/mol. The largest absolute Gasteiger partial charge is 0.343 e. The van der Waals surface area contributed by atoms with E-state index in [0.717, 1.165) is 0 Å². The molecule has 1 aromatic rings. The van der Waals surface area contributed by atoms with Crippen LogP contribution in [0.25, 0.3) is 0 Å². The fourth-order valence-electron chi connectivity index (χ4n) is 0.647. The molecule has 1 aromatic heterocycles. The molecule has 0 spiro atoms. The molecule has 0 aliphatic heterocycles. The highest BCUT2D eigenvalue weighted by Gasteiger charge is 1.95. The van der Waals surface area contributed by atoms with E-state index in [1.807, 2.05) is 6.07 Å². The van der Waals surface area contributed by atoms with Crippen molar-refractivity contribution in [2.24, 2.45) is 0 Å². The van der Waals surface area contributed by atoms with E-state index < -0.39 is 0 Å². The van der Waals surface area contributed by atoms with Crippen molar-refractivity contribution in [2.45, 2.75) is 6.42 Å². The van der Waals surface area contributed by atoms with Crippen LogP contribution < -0.4 is 5.32 Å². The molecule has 11 heavy (non-hydrogen) atoms. The van der Waals surface area contributed by atoms with Gasteiger partial charge in [-0.05, 0) is 0 Å². The van der Waals surface area contributed by atoms with Crippen LogP contribution in [0.15, 0.2) is 10.9 Å². The average molecular weight is 152 g/mol. The van der Waals surface area contributed by atoms with Gasteiger partial charge in [0.2, 0.25) is 6.39 Å². The fraction of sp³-hybridized carbons (Fsp3) is 0.500. The second-order valence-corrected chi connectivity index (χ2v) is 1.93. The highest BCUT2D eigenvalue weighted by Crippen LogP contribution is 1.87. The minimum atomic E-state index is 0.359. The van der Waals surface area contributed by atoms with Crippen LogP contribution in [-0.4, -0.2) is 23.2 Å². The lowest BCUT2D eigenvalue weighted by Gasteiger charge is -1.93. The van der Waals surface area contributed by atoms with E-state index in [1.54, 1.807) is 0 Å². The molecule has 1 heterocycles. The zero-order chi connectivity index (χ0) is 7.94. The summed E-state index contributed by atoms with van der Waals surface area (Å²) in [5.74, 6) is 0.662. The van der Waals surface area contributed by atoms with Crippen LogP contribution in [0.2, 0.25) is 0 Å². The lowest BCUT2D eigenvalue weighted by Crippen LogP contribution is -2.17. The predicted molar refractivity (Wildman–Crippen MR) is 36.5 cm³/mol. The molecular weight excluding hydrogens is 144 g/mol. The number of nitrogens with zero attached hydrogens (tertiary/aromatic N) is 3. The second-order valence-electron chi connectivity index (χ2n) is 1.93. The van der Waals surface area contributed by atoms with Crippen LogP contribution in [0.3, 0.4) is 0 Å². The lowest BCUT2D eigenvalue weighted by molar-refractivity contribution is 0.409. The summed E-state index contributed by atoms with van der Waals surface area (Å²) in [6, 6.07) is 1.97. The maximum Gasteiger partial charge on any atom is 0.213 e. The Morgan fingerprint density at radius 3 is 3.27 bits per heavy atom. The first kappa shape index (κ1) is 7.69. The topological polar surface area (TPSA) is 74.7 Å². The Kier molecular flexibility index (Phi) is 3.09. The molecule has 5 nitrogen and oxygen atoms in total. The van der Waals surface area contributed by atoms with Gasteiger partial charge in [0.15, 0.2) is 5.82 Å². The normalized spacial score (nSPS) is 9.36. The van der Waals surface area contributed by atoms with Crippen molar-refractivity contribution in [1.82, 2.24) is 15.5 Å². The molecular formula is C6H8N4O. The Balaban J connectivity index is 2.10. The molecule has 1 N–H and O–H groups in total. The zero-order valence-electron chi connectivity index (χ0n) is 5.95. The average Bonchev–Trinajstić information content (AvgIpc) is 2.50. The molecule has 0 unspecified atom stereocenters. The molecule has 0 saturated carbocycles. The van der Waals surface area contributed by atoms with Gasteiger partial charge in [-0.3, -0.25) is 0 Å². The van der Waals surface area contributed by atoms with Gasteiger partial charge in [0.1, 0.15) is 0 Å². The maximum absolute atomic E-state index is 8.16. The summed E-state index contributed by atoms with van der Waals surface area (Å²) in [7, 11) is 0. The number of hydrogen-bond acceptors (Lipinski definition) is 5. The lowest BCUT2D eigenvalue weighted by atomic mass is 10.4. The van der Waals surface area contributed by atoms with Crippen LogP contribution in [0.5, 0.6) is 0 Å². The predicted octanol–water partition coefficient (Wildman–Crippen LogP) is -0.275. The highest BCUT2D eigenvalue weighted by molar-refractivity contribution is 4.80. The molecule has 0 bridgehead atoms. The molecule has 58 valence electrons. The van der Waals surface area contributed by atoms with Gasteiger partial charge in [-0.1, -0.05) is 5.16 Å². The molecule has 0 fully saturated rings. The van der Waals surface area contributed by atoms with Crippen LogP contribution in [-0.2, 0) is 6.42 Å². The van der Waals surface area contributed by atoms with Crippen molar-refractivity contribution in [3.8, 4) is 6.07 Å². The zero-order valence-corrected chi connectivity index (χ0v) is 5.95. The second kappa shape index (κ2) is 4.41. The van der Waals surface area contributed by atoms with Gasteiger partial charge in [-0.2, -0.15) is 10.2 Å². The molecule has 0 atom stereocenters. The quantitative estimate of drug-likeness (QED) is 0.474. The SMILES string of the molecule is N#CCNCCc1ncon1. The molecule has 0 aromatic carbocycles. The number of hydrogen-bond donors (Lipinski definition) is 1. The van der Waals surface area contributed by atoms with Crippen molar-refractivity contribution in [3.05, 3.63) is 12.2 Å². The first-order valence-corrected chi connectivity index (χ1v) is 3.26. The highest BCUT2D eigenvalue weighted by atomic mass is 16.5. The van der Waals surface area contributed by atoms with Crippen molar-refractivity contribution in [2.75, 3.05) is 13.1 Å². The Morgan fingerprint density at radius 1 is 1.73 bits per heavy atom. The summed E-state index contributed by atoms with van der Waals surface area (Å²) in [5, 5.41) is 14.7. The third-order valence-electron chi connectivity index (χ3n) is 1.14. The third kappa shape index (κ3) is 2.78. The summed E-state index contributed by atoms with van der Waals surface area (Å²) < 4.78 is 4.52. The summed E-state index contributed by atoms with van der Waals surface area (Å²) in [4.78, 5) is 3.81. The number of nitrogens with one attached hydrogen (secondary N) is 1. The number of aromatic nitrogens is 2. The van der Waals surface area contributed by atoms with Crippen LogP contribution in [0.1, 0.15) is 5.82 Å². The van der Waals surface area contributed by atoms with E-state index in [9.17, 15) is 0 Å². The Hall–Kier alpha value is -1.41. The molecule has 0 amide bonds. The van der Waals surface area contributed by atoms with Gasteiger partial charge in [0.25, 0.3) is 0 Å². The molecule has 5 heteroatoms. The van der Waals surface area contributed by atoms with E-state index >= 15 is 0 Å². The smallest absolute Gasteiger partial charge is 0.213 e. The summed E-state index contributed by atoms with van der Waals surface area (Å²) in [5.41, 5.74) is 0. The van der Waals surface area contributed by atoms with Crippen LogP contribution in [0.4, 0.5) is 0 Å². The Morgan fingerprint density at radius 2 is 2.64 bits per heavy atom. The Labute approximate surface area is 64.0 Å². The molecule has 0 aliphatic rings. The van der Waals surface area contributed by atoms with E-state index in [1.165, 1.54) is 6.39 Å². The van der Waals surface area contributed by atoms with Crippen molar-refractivity contribution >= 4 is 0 Å². The van der Waals surface area contributed by atoms with Crippen molar-refractivity contribution in [1.29, 1.82) is 5.26 Å². The maximum atomic E-state index is 8.16. The van der Waals surface area contributed by atoms with E-state index in [-0.39, 0.29) is 0 Å². The van der Waals surface area contributed by atoms with Gasteiger partial charge < -0.3 is 9.84 Å². The minimum absolute atomic E-state index is 0.359. The van der Waals surface area contributed by atoms with Crippen LogP contribution >= 0.6 is 0 Å². The number of nitriles is 1. The first-order valence-electron chi connectivity index (χ1n) is 3.26. The van der Waals surface area contributed by atoms with Crippen molar-refractivity contribution < 1.29 is 4.52 Å². The van der Waals surface area contributed by atoms with E-state index in [0.29, 0.717) is 25.3 Å². The van der Waals surface area contributed by atoms with Gasteiger partial charge in [0.05, 0.1) is 12.6 Å². The first-order chi connectivity index (χ1) is 5.43. The molecule has 0 saturated heterocycles.